The van der Waals surface area contributed by atoms with Gasteiger partial charge < -0.3 is 9.84 Å². The van der Waals surface area contributed by atoms with Crippen LogP contribution in [0.2, 0.25) is 0 Å². The van der Waals surface area contributed by atoms with Crippen LogP contribution >= 0.6 is 0 Å². The van der Waals surface area contributed by atoms with Crippen LogP contribution in [0, 0.1) is 11.7 Å². The Hall–Kier alpha value is -1.84. The lowest BCUT2D eigenvalue weighted by Gasteiger charge is -2.31. The Bertz CT molecular complexity index is 525. The van der Waals surface area contributed by atoms with Crippen molar-refractivity contribution >= 4 is 12.0 Å². The summed E-state index contributed by atoms with van der Waals surface area (Å²) in [5.41, 5.74) is 0.497. The summed E-state index contributed by atoms with van der Waals surface area (Å²) in [6.07, 6.45) is 8.08. The summed E-state index contributed by atoms with van der Waals surface area (Å²) in [5, 5.41) is 8.63. The van der Waals surface area contributed by atoms with E-state index in [1.54, 1.807) is 6.07 Å². The number of hydrogen-bond acceptors (Lipinski definition) is 2. The summed E-state index contributed by atoms with van der Waals surface area (Å²) in [4.78, 5) is 10.5. The minimum atomic E-state index is -1.06. The molecular weight excluding hydrogens is 271 g/mol. The topological polar surface area (TPSA) is 46.5 Å². The van der Waals surface area contributed by atoms with Crippen molar-refractivity contribution in [3.05, 3.63) is 35.7 Å². The Balaban J connectivity index is 2.13. The SMILES string of the molecule is CCC1CCCCC1Oc1cc(F)cc(/C=C/C(=O)O)c1. The predicted molar refractivity (Wildman–Crippen MR) is 79.7 cm³/mol. The van der Waals surface area contributed by atoms with Crippen LogP contribution in [-0.2, 0) is 4.79 Å². The molecule has 0 radical (unpaired) electrons. The second-order valence-electron chi connectivity index (χ2n) is 5.50. The van der Waals surface area contributed by atoms with Crippen molar-refractivity contribution in [2.24, 2.45) is 5.92 Å². The summed E-state index contributed by atoms with van der Waals surface area (Å²) in [5.74, 6) is -0.480. The molecule has 1 aromatic rings. The van der Waals surface area contributed by atoms with Crippen molar-refractivity contribution in [1.29, 1.82) is 0 Å². The Morgan fingerprint density at radius 3 is 2.86 bits per heavy atom. The van der Waals surface area contributed by atoms with Crippen molar-refractivity contribution < 1.29 is 19.0 Å². The fourth-order valence-corrected chi connectivity index (χ4v) is 2.89. The molecule has 1 aliphatic carbocycles. The van der Waals surface area contributed by atoms with Gasteiger partial charge in [0.25, 0.3) is 0 Å². The van der Waals surface area contributed by atoms with Crippen molar-refractivity contribution in [2.45, 2.75) is 45.1 Å². The van der Waals surface area contributed by atoms with Gasteiger partial charge in [-0.25, -0.2) is 9.18 Å². The molecule has 0 heterocycles. The van der Waals surface area contributed by atoms with Gasteiger partial charge in [-0.3, -0.25) is 0 Å². The fourth-order valence-electron chi connectivity index (χ4n) is 2.89. The van der Waals surface area contributed by atoms with Crippen molar-refractivity contribution in [2.75, 3.05) is 0 Å². The van der Waals surface area contributed by atoms with Gasteiger partial charge in [0, 0.05) is 12.1 Å². The highest BCUT2D eigenvalue weighted by atomic mass is 19.1. The van der Waals surface area contributed by atoms with E-state index in [9.17, 15) is 9.18 Å². The Morgan fingerprint density at radius 2 is 2.14 bits per heavy atom. The highest BCUT2D eigenvalue weighted by Gasteiger charge is 2.25. The van der Waals surface area contributed by atoms with Crippen molar-refractivity contribution in [1.82, 2.24) is 0 Å². The molecule has 2 rings (SSSR count). The van der Waals surface area contributed by atoms with Gasteiger partial charge >= 0.3 is 5.97 Å². The van der Waals surface area contributed by atoms with E-state index in [0.29, 0.717) is 17.2 Å². The van der Waals surface area contributed by atoms with E-state index in [-0.39, 0.29) is 6.10 Å². The predicted octanol–water partition coefficient (Wildman–Crippen LogP) is 4.27. The first-order valence-electron chi connectivity index (χ1n) is 7.46. The number of halogens is 1. The average molecular weight is 292 g/mol. The minimum Gasteiger partial charge on any atom is -0.490 e. The molecule has 0 spiro atoms. The molecule has 1 aliphatic rings. The third-order valence-corrected chi connectivity index (χ3v) is 3.96. The Labute approximate surface area is 124 Å². The number of benzene rings is 1. The minimum absolute atomic E-state index is 0.127. The zero-order valence-corrected chi connectivity index (χ0v) is 12.2. The van der Waals surface area contributed by atoms with Crippen LogP contribution in [0.1, 0.15) is 44.6 Å². The second kappa shape index (κ2) is 7.25. The summed E-state index contributed by atoms with van der Waals surface area (Å²) < 4.78 is 19.6. The molecule has 2 unspecified atom stereocenters. The Kier molecular flexibility index (Phi) is 5.37. The van der Waals surface area contributed by atoms with Crippen molar-refractivity contribution in [3.8, 4) is 5.75 Å². The summed E-state index contributed by atoms with van der Waals surface area (Å²) in [7, 11) is 0. The van der Waals surface area contributed by atoms with Gasteiger partial charge in [0.2, 0.25) is 0 Å². The maximum Gasteiger partial charge on any atom is 0.328 e. The molecule has 1 saturated carbocycles. The molecule has 0 aliphatic heterocycles. The first-order chi connectivity index (χ1) is 10.1. The number of ether oxygens (including phenoxy) is 1. The normalized spacial score (nSPS) is 22.4. The molecule has 1 aromatic carbocycles. The molecule has 21 heavy (non-hydrogen) atoms. The zero-order chi connectivity index (χ0) is 15.2. The molecule has 4 heteroatoms. The molecule has 0 aromatic heterocycles. The number of aliphatic carboxylic acids is 1. The molecular formula is C17H21FO3. The largest absolute Gasteiger partial charge is 0.490 e. The number of carboxylic acids is 1. The van der Waals surface area contributed by atoms with Gasteiger partial charge in [-0.1, -0.05) is 13.3 Å². The molecule has 0 saturated heterocycles. The van der Waals surface area contributed by atoms with Gasteiger partial charge in [0.1, 0.15) is 17.7 Å². The van der Waals surface area contributed by atoms with Gasteiger partial charge in [0.15, 0.2) is 0 Å². The van der Waals surface area contributed by atoms with Crippen molar-refractivity contribution in [3.63, 3.8) is 0 Å². The van der Waals surface area contributed by atoms with Gasteiger partial charge in [-0.2, -0.15) is 0 Å². The maximum atomic E-state index is 13.6. The van der Waals surface area contributed by atoms with E-state index in [0.717, 1.165) is 31.8 Å². The Morgan fingerprint density at radius 1 is 1.38 bits per heavy atom. The molecule has 0 amide bonds. The first-order valence-corrected chi connectivity index (χ1v) is 7.46. The van der Waals surface area contributed by atoms with Crippen LogP contribution in [0.25, 0.3) is 6.08 Å². The molecule has 114 valence electrons. The highest BCUT2D eigenvalue weighted by Crippen LogP contribution is 2.31. The van der Waals surface area contributed by atoms with E-state index in [1.165, 1.54) is 24.6 Å². The summed E-state index contributed by atoms with van der Waals surface area (Å²) >= 11 is 0. The van der Waals surface area contributed by atoms with Gasteiger partial charge in [-0.05, 0) is 55.4 Å². The van der Waals surface area contributed by atoms with Gasteiger partial charge in [-0.15, -0.1) is 0 Å². The fraction of sp³-hybridized carbons (Fsp3) is 0.471. The summed E-state index contributed by atoms with van der Waals surface area (Å²) in [6.45, 7) is 2.15. The smallest absolute Gasteiger partial charge is 0.328 e. The third kappa shape index (κ3) is 4.59. The average Bonchev–Trinajstić information content (AvgIpc) is 2.45. The van der Waals surface area contributed by atoms with Gasteiger partial charge in [0.05, 0.1) is 0 Å². The van der Waals surface area contributed by atoms with Crippen LogP contribution in [0.5, 0.6) is 5.75 Å². The number of carboxylic acid groups (broad SMARTS) is 1. The van der Waals surface area contributed by atoms with Crippen LogP contribution < -0.4 is 4.74 Å². The van der Waals surface area contributed by atoms with E-state index >= 15 is 0 Å². The van der Waals surface area contributed by atoms with Crippen LogP contribution in [0.3, 0.4) is 0 Å². The summed E-state index contributed by atoms with van der Waals surface area (Å²) in [6, 6.07) is 4.34. The van der Waals surface area contributed by atoms with Crippen LogP contribution in [0.4, 0.5) is 4.39 Å². The first kappa shape index (κ1) is 15.5. The highest BCUT2D eigenvalue weighted by molar-refractivity contribution is 5.85. The van der Waals surface area contributed by atoms with Crippen LogP contribution in [0.15, 0.2) is 24.3 Å². The molecule has 2 atom stereocenters. The third-order valence-electron chi connectivity index (χ3n) is 3.96. The maximum absolute atomic E-state index is 13.6. The zero-order valence-electron chi connectivity index (χ0n) is 12.2. The van der Waals surface area contributed by atoms with E-state index < -0.39 is 11.8 Å². The van der Waals surface area contributed by atoms with E-state index in [4.69, 9.17) is 9.84 Å². The second-order valence-corrected chi connectivity index (χ2v) is 5.50. The lowest BCUT2D eigenvalue weighted by atomic mass is 9.85. The monoisotopic (exact) mass is 292 g/mol. The lowest BCUT2D eigenvalue weighted by molar-refractivity contribution is -0.131. The van der Waals surface area contributed by atoms with Crippen LogP contribution in [-0.4, -0.2) is 17.2 Å². The number of hydrogen-bond donors (Lipinski definition) is 1. The standard InChI is InChI=1S/C17H21FO3/c1-2-13-5-3-4-6-16(13)21-15-10-12(7-8-17(19)20)9-14(18)11-15/h7-11,13,16H,2-6H2,1H3,(H,19,20)/b8-7+. The molecule has 1 N–H and O–H groups in total. The van der Waals surface area contributed by atoms with E-state index in [2.05, 4.69) is 6.92 Å². The number of carbonyl (C=O) groups is 1. The molecule has 1 fully saturated rings. The lowest BCUT2D eigenvalue weighted by Crippen LogP contribution is -2.29. The molecule has 0 bridgehead atoms. The quantitative estimate of drug-likeness (QED) is 0.824. The molecule has 3 nitrogen and oxygen atoms in total. The van der Waals surface area contributed by atoms with E-state index in [1.807, 2.05) is 0 Å². The number of rotatable bonds is 5.